The molecule has 120 valence electrons. The molecule has 1 amide bonds. The molecule has 2 bridgehead atoms. The summed E-state index contributed by atoms with van der Waals surface area (Å²) in [5.41, 5.74) is 0. The van der Waals surface area contributed by atoms with Gasteiger partial charge in [0.1, 0.15) is 5.75 Å². The van der Waals surface area contributed by atoms with Gasteiger partial charge in [0.05, 0.1) is 0 Å². The molecule has 2 heterocycles. The molecule has 4 nitrogen and oxygen atoms in total. The number of carbonyl (C=O) groups is 1. The third kappa shape index (κ3) is 3.67. The largest absolute Gasteiger partial charge is 0.484 e. The number of carbonyl (C=O) groups excluding carboxylic acids is 1. The van der Waals surface area contributed by atoms with Gasteiger partial charge in [0, 0.05) is 35.2 Å². The first kappa shape index (κ1) is 15.9. The molecule has 2 aliphatic heterocycles. The fraction of sp³-hybridized carbons (Fsp3) is 0.562. The van der Waals surface area contributed by atoms with E-state index in [9.17, 15) is 4.79 Å². The van der Waals surface area contributed by atoms with Crippen LogP contribution in [0, 0.1) is 0 Å². The number of nitrogens with one attached hydrogen (secondary N) is 1. The average Bonchev–Trinajstić information content (AvgIpc) is 2.81. The Labute approximate surface area is 140 Å². The van der Waals surface area contributed by atoms with Crippen molar-refractivity contribution in [3.63, 3.8) is 0 Å². The third-order valence-corrected chi connectivity index (χ3v) is 5.02. The molecule has 0 spiro atoms. The summed E-state index contributed by atoms with van der Waals surface area (Å²) in [5.74, 6) is 0.507. The van der Waals surface area contributed by atoms with Crippen LogP contribution in [0.3, 0.4) is 0 Å². The molecule has 6 heteroatoms. The minimum atomic E-state index is -0.0117. The van der Waals surface area contributed by atoms with Gasteiger partial charge in [-0.2, -0.15) is 0 Å². The Morgan fingerprint density at radius 1 is 1.23 bits per heavy atom. The molecule has 0 aromatic heterocycles. The highest BCUT2D eigenvalue weighted by atomic mass is 35.5. The number of hydrogen-bond donors (Lipinski definition) is 1. The Kier molecular flexibility index (Phi) is 4.81. The SMILES string of the molecule is CN(C(=O)COc1cc(Cl)cc(Cl)c1)C1CC2CCC(C1)N2. The van der Waals surface area contributed by atoms with Gasteiger partial charge in [-0.25, -0.2) is 0 Å². The molecule has 2 atom stereocenters. The predicted molar refractivity (Wildman–Crippen MR) is 87.7 cm³/mol. The van der Waals surface area contributed by atoms with Crippen molar-refractivity contribution in [2.75, 3.05) is 13.7 Å². The predicted octanol–water partition coefficient (Wildman–Crippen LogP) is 3.11. The van der Waals surface area contributed by atoms with Crippen molar-refractivity contribution in [2.45, 2.75) is 43.8 Å². The molecule has 1 aromatic rings. The third-order valence-electron chi connectivity index (χ3n) is 4.59. The van der Waals surface area contributed by atoms with E-state index in [0.29, 0.717) is 33.9 Å². The summed E-state index contributed by atoms with van der Waals surface area (Å²) < 4.78 is 5.53. The zero-order chi connectivity index (χ0) is 15.7. The fourth-order valence-corrected chi connectivity index (χ4v) is 3.91. The van der Waals surface area contributed by atoms with Crippen LogP contribution >= 0.6 is 23.2 Å². The summed E-state index contributed by atoms with van der Waals surface area (Å²) in [6, 6.07) is 6.38. The van der Waals surface area contributed by atoms with Crippen LogP contribution in [0.2, 0.25) is 10.0 Å². The van der Waals surface area contributed by atoms with Crippen LogP contribution in [0.5, 0.6) is 5.75 Å². The summed E-state index contributed by atoms with van der Waals surface area (Å²) >= 11 is 11.8. The smallest absolute Gasteiger partial charge is 0.260 e. The Morgan fingerprint density at radius 3 is 2.41 bits per heavy atom. The first-order chi connectivity index (χ1) is 10.5. The van der Waals surface area contributed by atoms with Crippen molar-refractivity contribution >= 4 is 29.1 Å². The number of fused-ring (bicyclic) bond motifs is 2. The second-order valence-corrected chi connectivity index (χ2v) is 7.03. The maximum absolute atomic E-state index is 12.3. The highest BCUT2D eigenvalue weighted by Gasteiger charge is 2.36. The molecule has 1 aromatic carbocycles. The highest BCUT2D eigenvalue weighted by molar-refractivity contribution is 6.34. The molecule has 0 aliphatic carbocycles. The van der Waals surface area contributed by atoms with Crippen LogP contribution in [0.15, 0.2) is 18.2 Å². The minimum absolute atomic E-state index is 0.00638. The summed E-state index contributed by atoms with van der Waals surface area (Å²) in [6.45, 7) is 0.00638. The van der Waals surface area contributed by atoms with Crippen LogP contribution in [0.25, 0.3) is 0 Å². The van der Waals surface area contributed by atoms with E-state index in [1.165, 1.54) is 12.8 Å². The fourth-order valence-electron chi connectivity index (χ4n) is 3.41. The maximum Gasteiger partial charge on any atom is 0.260 e. The molecule has 0 saturated carbocycles. The summed E-state index contributed by atoms with van der Waals surface area (Å²) in [4.78, 5) is 14.2. The highest BCUT2D eigenvalue weighted by Crippen LogP contribution is 2.29. The monoisotopic (exact) mass is 342 g/mol. The normalized spacial score (nSPS) is 26.8. The average molecular weight is 343 g/mol. The molecule has 1 N–H and O–H groups in total. The van der Waals surface area contributed by atoms with Crippen molar-refractivity contribution in [1.29, 1.82) is 0 Å². The number of ether oxygens (including phenoxy) is 1. The summed E-state index contributed by atoms with van der Waals surface area (Å²) in [6.07, 6.45) is 4.50. The van der Waals surface area contributed by atoms with Crippen LogP contribution in [-0.2, 0) is 4.79 Å². The van der Waals surface area contributed by atoms with E-state index in [1.54, 1.807) is 18.2 Å². The molecule has 2 aliphatic rings. The van der Waals surface area contributed by atoms with Gasteiger partial charge < -0.3 is 15.0 Å². The van der Waals surface area contributed by atoms with Crippen molar-refractivity contribution in [2.24, 2.45) is 0 Å². The van der Waals surface area contributed by atoms with Gasteiger partial charge in [-0.3, -0.25) is 4.79 Å². The number of nitrogens with zero attached hydrogens (tertiary/aromatic N) is 1. The number of likely N-dealkylation sites (N-methyl/N-ethyl adjacent to an activating group) is 1. The lowest BCUT2D eigenvalue weighted by Gasteiger charge is -2.35. The van der Waals surface area contributed by atoms with Gasteiger partial charge in [-0.1, -0.05) is 23.2 Å². The van der Waals surface area contributed by atoms with Crippen LogP contribution in [0.4, 0.5) is 0 Å². The van der Waals surface area contributed by atoms with E-state index in [2.05, 4.69) is 5.32 Å². The van der Waals surface area contributed by atoms with E-state index in [4.69, 9.17) is 27.9 Å². The quantitative estimate of drug-likeness (QED) is 0.913. The molecule has 3 rings (SSSR count). The van der Waals surface area contributed by atoms with E-state index in [0.717, 1.165) is 12.8 Å². The molecule has 2 saturated heterocycles. The van der Waals surface area contributed by atoms with Gasteiger partial charge in [-0.05, 0) is 43.9 Å². The Balaban J connectivity index is 1.55. The zero-order valence-corrected chi connectivity index (χ0v) is 14.0. The Bertz CT molecular complexity index is 535. The Hall–Kier alpha value is -0.970. The zero-order valence-electron chi connectivity index (χ0n) is 12.5. The van der Waals surface area contributed by atoms with Gasteiger partial charge in [0.2, 0.25) is 0 Å². The van der Waals surface area contributed by atoms with Crippen molar-refractivity contribution in [3.8, 4) is 5.75 Å². The molecule has 2 unspecified atom stereocenters. The standard InChI is InChI=1S/C16H20Cl2N2O2/c1-20(14-7-12-2-3-13(8-14)19-12)16(21)9-22-15-5-10(17)4-11(18)6-15/h4-6,12-14,19H,2-3,7-9H2,1H3. The number of rotatable bonds is 4. The number of benzene rings is 1. The topological polar surface area (TPSA) is 41.6 Å². The molecule has 0 radical (unpaired) electrons. The molecule has 22 heavy (non-hydrogen) atoms. The van der Waals surface area contributed by atoms with Crippen molar-refractivity contribution in [1.82, 2.24) is 10.2 Å². The number of piperidine rings is 1. The lowest BCUT2D eigenvalue weighted by Crippen LogP contribution is -2.49. The number of hydrogen-bond acceptors (Lipinski definition) is 3. The lowest BCUT2D eigenvalue weighted by molar-refractivity contribution is -0.134. The maximum atomic E-state index is 12.3. The van der Waals surface area contributed by atoms with Crippen LogP contribution in [-0.4, -0.2) is 42.6 Å². The first-order valence-corrected chi connectivity index (χ1v) is 8.37. The van der Waals surface area contributed by atoms with Crippen LogP contribution in [0.1, 0.15) is 25.7 Å². The number of amides is 1. The van der Waals surface area contributed by atoms with E-state index in [-0.39, 0.29) is 12.5 Å². The lowest BCUT2D eigenvalue weighted by atomic mass is 9.98. The second kappa shape index (κ2) is 6.65. The van der Waals surface area contributed by atoms with Gasteiger partial charge in [0.25, 0.3) is 5.91 Å². The van der Waals surface area contributed by atoms with Crippen LogP contribution < -0.4 is 10.1 Å². The van der Waals surface area contributed by atoms with Gasteiger partial charge in [0.15, 0.2) is 6.61 Å². The van der Waals surface area contributed by atoms with Gasteiger partial charge >= 0.3 is 0 Å². The molecular weight excluding hydrogens is 323 g/mol. The van der Waals surface area contributed by atoms with E-state index < -0.39 is 0 Å². The summed E-state index contributed by atoms with van der Waals surface area (Å²) in [7, 11) is 1.87. The summed E-state index contributed by atoms with van der Waals surface area (Å²) in [5, 5.41) is 4.58. The van der Waals surface area contributed by atoms with Crippen molar-refractivity contribution < 1.29 is 9.53 Å². The van der Waals surface area contributed by atoms with E-state index >= 15 is 0 Å². The number of halogens is 2. The minimum Gasteiger partial charge on any atom is -0.484 e. The van der Waals surface area contributed by atoms with Gasteiger partial charge in [-0.15, -0.1) is 0 Å². The molecule has 2 fully saturated rings. The van der Waals surface area contributed by atoms with Crippen molar-refractivity contribution in [3.05, 3.63) is 28.2 Å². The molecular formula is C16H20Cl2N2O2. The second-order valence-electron chi connectivity index (χ2n) is 6.16. The Morgan fingerprint density at radius 2 is 1.82 bits per heavy atom. The van der Waals surface area contributed by atoms with E-state index in [1.807, 2.05) is 11.9 Å². The first-order valence-electron chi connectivity index (χ1n) is 7.62.